The molecule has 0 N–H and O–H groups in total. The number of hydrogen-bond donors (Lipinski definition) is 0. The van der Waals surface area contributed by atoms with Crippen LogP contribution in [0.3, 0.4) is 0 Å². The second-order valence-corrected chi connectivity index (χ2v) is 4.47. The van der Waals surface area contributed by atoms with Crippen LogP contribution in [0.5, 0.6) is 0 Å². The van der Waals surface area contributed by atoms with Gasteiger partial charge in [0.25, 0.3) is 0 Å². The average Bonchev–Trinajstić information content (AvgIpc) is 2.59. The van der Waals surface area contributed by atoms with Crippen LogP contribution in [0.25, 0.3) is 0 Å². The molecule has 0 spiro atoms. The molecule has 4 nitrogen and oxygen atoms in total. The first-order chi connectivity index (χ1) is 7.43. The molecule has 0 aromatic rings. The first-order valence-electron chi connectivity index (χ1n) is 5.30. The number of rotatable bonds is 2. The summed E-state index contributed by atoms with van der Waals surface area (Å²) in [5, 5.41) is 0. The lowest BCUT2D eigenvalue weighted by Gasteiger charge is -2.22. The highest BCUT2D eigenvalue weighted by Crippen LogP contribution is 2.39. The minimum Gasteiger partial charge on any atom is -0.455 e. The minimum atomic E-state index is -0.628. The van der Waals surface area contributed by atoms with E-state index in [4.69, 9.17) is 14.2 Å². The molecule has 0 aromatic heterocycles. The van der Waals surface area contributed by atoms with Crippen LogP contribution >= 0.6 is 0 Å². The predicted octanol–water partition coefficient (Wildman–Crippen LogP) is 1.56. The van der Waals surface area contributed by atoms with Gasteiger partial charge < -0.3 is 14.2 Å². The number of esters is 1. The molecule has 0 radical (unpaired) electrons. The Morgan fingerprint density at radius 2 is 2.25 bits per heavy atom. The van der Waals surface area contributed by atoms with Gasteiger partial charge in [0.1, 0.15) is 12.2 Å². The van der Waals surface area contributed by atoms with E-state index in [9.17, 15) is 4.79 Å². The molecule has 3 atom stereocenters. The molecule has 2 aliphatic rings. The molecule has 88 valence electrons. The first kappa shape index (κ1) is 11.4. The molecule has 1 fully saturated rings. The lowest BCUT2D eigenvalue weighted by atomic mass is 10.1. The summed E-state index contributed by atoms with van der Waals surface area (Å²) < 4.78 is 16.6. The van der Waals surface area contributed by atoms with Crippen LogP contribution in [0.15, 0.2) is 24.3 Å². The normalized spacial score (nSPS) is 35.4. The standard InChI is InChI=1S/C12H16O4/c1-5-8-6-9-11(10(8)14-7(2)13)16-12(3,4)15-9/h5-6,9-11H,1H2,2-4H3/t9-,10+,11-/m1/s1. The fourth-order valence-corrected chi connectivity index (χ4v) is 2.15. The number of carbonyl (C=O) groups is 1. The van der Waals surface area contributed by atoms with Gasteiger partial charge in [0.05, 0.1) is 0 Å². The molecule has 0 amide bonds. The molecular formula is C12H16O4. The van der Waals surface area contributed by atoms with Gasteiger partial charge in [0.15, 0.2) is 11.9 Å². The number of hydrogen-bond acceptors (Lipinski definition) is 4. The van der Waals surface area contributed by atoms with Crippen molar-refractivity contribution in [2.45, 2.75) is 44.9 Å². The van der Waals surface area contributed by atoms with E-state index in [0.717, 1.165) is 5.57 Å². The van der Waals surface area contributed by atoms with Gasteiger partial charge in [-0.05, 0) is 25.5 Å². The fourth-order valence-electron chi connectivity index (χ4n) is 2.15. The van der Waals surface area contributed by atoms with Gasteiger partial charge in [-0.1, -0.05) is 12.7 Å². The zero-order valence-corrected chi connectivity index (χ0v) is 9.73. The SMILES string of the molecule is C=CC1=C[C@H]2OC(C)(C)O[C@H]2[C@H]1OC(C)=O. The molecule has 1 aliphatic heterocycles. The zero-order chi connectivity index (χ0) is 11.9. The molecule has 0 bridgehead atoms. The van der Waals surface area contributed by atoms with Crippen molar-refractivity contribution in [2.75, 3.05) is 0 Å². The second-order valence-electron chi connectivity index (χ2n) is 4.47. The quantitative estimate of drug-likeness (QED) is 0.668. The van der Waals surface area contributed by atoms with Gasteiger partial charge in [0, 0.05) is 6.92 Å². The van der Waals surface area contributed by atoms with Crippen molar-refractivity contribution < 1.29 is 19.0 Å². The third kappa shape index (κ3) is 1.90. The van der Waals surface area contributed by atoms with E-state index in [1.165, 1.54) is 6.92 Å². The molecule has 0 saturated carbocycles. The molecule has 0 unspecified atom stereocenters. The zero-order valence-electron chi connectivity index (χ0n) is 9.73. The van der Waals surface area contributed by atoms with Crippen LogP contribution in [-0.4, -0.2) is 30.1 Å². The van der Waals surface area contributed by atoms with Crippen molar-refractivity contribution in [2.24, 2.45) is 0 Å². The number of ether oxygens (including phenoxy) is 3. The van der Waals surface area contributed by atoms with E-state index >= 15 is 0 Å². The van der Waals surface area contributed by atoms with E-state index in [2.05, 4.69) is 6.58 Å². The molecule has 0 aromatic carbocycles. The van der Waals surface area contributed by atoms with Gasteiger partial charge in [0.2, 0.25) is 0 Å². The maximum absolute atomic E-state index is 11.0. The van der Waals surface area contributed by atoms with Gasteiger partial charge in [-0.25, -0.2) is 0 Å². The van der Waals surface area contributed by atoms with E-state index in [1.54, 1.807) is 6.08 Å². The Morgan fingerprint density at radius 3 is 2.81 bits per heavy atom. The van der Waals surface area contributed by atoms with Gasteiger partial charge >= 0.3 is 5.97 Å². The fraction of sp³-hybridized carbons (Fsp3) is 0.583. The second kappa shape index (κ2) is 3.71. The first-order valence-corrected chi connectivity index (χ1v) is 5.30. The molecule has 2 rings (SSSR count). The van der Waals surface area contributed by atoms with Gasteiger partial charge in [-0.3, -0.25) is 4.79 Å². The number of fused-ring (bicyclic) bond motifs is 1. The topological polar surface area (TPSA) is 44.8 Å². The summed E-state index contributed by atoms with van der Waals surface area (Å²) in [5.41, 5.74) is 0.848. The van der Waals surface area contributed by atoms with Crippen molar-refractivity contribution in [1.82, 2.24) is 0 Å². The summed E-state index contributed by atoms with van der Waals surface area (Å²) in [6.45, 7) is 8.77. The maximum Gasteiger partial charge on any atom is 0.303 e. The predicted molar refractivity (Wildman–Crippen MR) is 57.7 cm³/mol. The Labute approximate surface area is 94.9 Å². The van der Waals surface area contributed by atoms with Crippen molar-refractivity contribution in [3.63, 3.8) is 0 Å². The van der Waals surface area contributed by atoms with Crippen LogP contribution in [0.2, 0.25) is 0 Å². The highest BCUT2D eigenvalue weighted by Gasteiger charge is 2.50. The van der Waals surface area contributed by atoms with Crippen LogP contribution in [-0.2, 0) is 19.0 Å². The Hall–Kier alpha value is -1.13. The molecule has 16 heavy (non-hydrogen) atoms. The summed E-state index contributed by atoms with van der Waals surface area (Å²) in [4.78, 5) is 11.0. The van der Waals surface area contributed by atoms with Crippen molar-refractivity contribution in [1.29, 1.82) is 0 Å². The molecule has 1 aliphatic carbocycles. The van der Waals surface area contributed by atoms with Crippen LogP contribution in [0.1, 0.15) is 20.8 Å². The molecular weight excluding hydrogens is 208 g/mol. The highest BCUT2D eigenvalue weighted by atomic mass is 16.8. The van der Waals surface area contributed by atoms with Crippen LogP contribution in [0, 0.1) is 0 Å². The third-order valence-corrected chi connectivity index (χ3v) is 2.68. The Bertz CT molecular complexity index is 356. The lowest BCUT2D eigenvalue weighted by molar-refractivity contribution is -0.166. The smallest absolute Gasteiger partial charge is 0.303 e. The van der Waals surface area contributed by atoms with Crippen molar-refractivity contribution in [3.8, 4) is 0 Å². The van der Waals surface area contributed by atoms with Crippen LogP contribution < -0.4 is 0 Å². The highest BCUT2D eigenvalue weighted by molar-refractivity contribution is 5.67. The average molecular weight is 224 g/mol. The third-order valence-electron chi connectivity index (χ3n) is 2.68. The van der Waals surface area contributed by atoms with E-state index < -0.39 is 11.9 Å². The summed E-state index contributed by atoms with van der Waals surface area (Å²) in [6, 6.07) is 0. The number of carbonyl (C=O) groups excluding carboxylic acids is 1. The largest absolute Gasteiger partial charge is 0.455 e. The molecule has 4 heteroatoms. The van der Waals surface area contributed by atoms with E-state index in [1.807, 2.05) is 19.9 Å². The monoisotopic (exact) mass is 224 g/mol. The van der Waals surface area contributed by atoms with Crippen molar-refractivity contribution in [3.05, 3.63) is 24.3 Å². The minimum absolute atomic E-state index is 0.160. The molecule has 1 saturated heterocycles. The summed E-state index contributed by atoms with van der Waals surface area (Å²) in [7, 11) is 0. The lowest BCUT2D eigenvalue weighted by Crippen LogP contribution is -2.34. The van der Waals surface area contributed by atoms with Crippen LogP contribution in [0.4, 0.5) is 0 Å². The van der Waals surface area contributed by atoms with E-state index in [-0.39, 0.29) is 18.2 Å². The molecule has 1 heterocycles. The summed E-state index contributed by atoms with van der Waals surface area (Å²) >= 11 is 0. The Balaban J connectivity index is 2.20. The Kier molecular flexibility index (Phi) is 2.64. The Morgan fingerprint density at radius 1 is 1.56 bits per heavy atom. The van der Waals surface area contributed by atoms with Gasteiger partial charge in [-0.2, -0.15) is 0 Å². The van der Waals surface area contributed by atoms with E-state index in [0.29, 0.717) is 0 Å². The summed E-state index contributed by atoms with van der Waals surface area (Å²) in [6.07, 6.45) is 2.76. The van der Waals surface area contributed by atoms with Gasteiger partial charge in [-0.15, -0.1) is 0 Å². The maximum atomic E-state index is 11.0. The van der Waals surface area contributed by atoms with Crippen molar-refractivity contribution >= 4 is 5.97 Å². The summed E-state index contributed by atoms with van der Waals surface area (Å²) in [5.74, 6) is -0.955.